The summed E-state index contributed by atoms with van der Waals surface area (Å²) in [7, 11) is 0. The van der Waals surface area contributed by atoms with Gasteiger partial charge >= 0.3 is 0 Å². The molecule has 0 saturated heterocycles. The van der Waals surface area contributed by atoms with E-state index in [-0.39, 0.29) is 11.3 Å². The van der Waals surface area contributed by atoms with Gasteiger partial charge in [0.1, 0.15) is 18.6 Å². The highest BCUT2D eigenvalue weighted by molar-refractivity contribution is 5.79. The van der Waals surface area contributed by atoms with Gasteiger partial charge in [-0.05, 0) is 46.9 Å². The lowest BCUT2D eigenvalue weighted by Gasteiger charge is -2.32. The Morgan fingerprint density at radius 3 is 2.39 bits per heavy atom. The summed E-state index contributed by atoms with van der Waals surface area (Å²) in [5, 5.41) is 1.11. The van der Waals surface area contributed by atoms with Crippen LogP contribution in [0.4, 0.5) is 0 Å². The fraction of sp³-hybridized carbons (Fsp3) is 0.214. The lowest BCUT2D eigenvalue weighted by molar-refractivity contribution is 0.112. The van der Waals surface area contributed by atoms with Crippen LogP contribution in [0.1, 0.15) is 53.9 Å². The molecule has 1 unspecified atom stereocenters. The number of hydrogen-bond donors (Lipinski definition) is 0. The highest BCUT2D eigenvalue weighted by atomic mass is 16.5. The molecule has 4 aromatic rings. The van der Waals surface area contributed by atoms with Crippen LogP contribution in [0.2, 0.25) is 0 Å². The van der Waals surface area contributed by atoms with Crippen LogP contribution in [0.15, 0.2) is 84.9 Å². The van der Waals surface area contributed by atoms with E-state index in [4.69, 9.17) is 4.74 Å². The molecule has 1 atom stereocenters. The van der Waals surface area contributed by atoms with E-state index >= 15 is 0 Å². The summed E-state index contributed by atoms with van der Waals surface area (Å²) in [6.07, 6.45) is 0.936. The largest absolute Gasteiger partial charge is 0.487 e. The predicted octanol–water partition coefficient (Wildman–Crippen LogP) is 6.80. The van der Waals surface area contributed by atoms with Crippen LogP contribution in [0, 0.1) is 5.41 Å². The van der Waals surface area contributed by atoms with Gasteiger partial charge in [-0.2, -0.15) is 0 Å². The molecule has 0 aliphatic rings. The Balaban J connectivity index is 1.65. The molecule has 0 amide bonds. The van der Waals surface area contributed by atoms with Gasteiger partial charge in [0.25, 0.3) is 0 Å². The van der Waals surface area contributed by atoms with Gasteiger partial charge in [-0.1, -0.05) is 75.4 Å². The van der Waals surface area contributed by atoms with Gasteiger partial charge in [0.15, 0.2) is 0 Å². The summed E-state index contributed by atoms with van der Waals surface area (Å²) in [6.45, 7) is 6.97. The summed E-state index contributed by atoms with van der Waals surface area (Å²) in [4.78, 5) is 16.5. The van der Waals surface area contributed by atoms with Gasteiger partial charge in [-0.3, -0.25) is 4.79 Å². The maximum absolute atomic E-state index is 11.9. The topological polar surface area (TPSA) is 39.2 Å². The number of hydrogen-bond acceptors (Lipinski definition) is 3. The van der Waals surface area contributed by atoms with E-state index in [2.05, 4.69) is 44.0 Å². The average molecular weight is 410 g/mol. The van der Waals surface area contributed by atoms with E-state index in [0.29, 0.717) is 12.2 Å². The summed E-state index contributed by atoms with van der Waals surface area (Å²) < 4.78 is 6.10. The van der Waals surface area contributed by atoms with Crippen molar-refractivity contribution in [3.63, 3.8) is 0 Å². The molecule has 4 rings (SSSR count). The summed E-state index contributed by atoms with van der Waals surface area (Å²) in [5.41, 5.74) is 4.62. The van der Waals surface area contributed by atoms with Gasteiger partial charge in [-0.15, -0.1) is 0 Å². The minimum atomic E-state index is -0.0718. The molecule has 31 heavy (non-hydrogen) atoms. The summed E-state index contributed by atoms with van der Waals surface area (Å²) in [5.74, 6) is 0.803. The second kappa shape index (κ2) is 8.73. The second-order valence-electron chi connectivity index (χ2n) is 8.90. The lowest BCUT2D eigenvalue weighted by Crippen LogP contribution is -2.21. The molecular formula is C28H27NO2. The molecule has 0 aliphatic carbocycles. The third-order valence-electron chi connectivity index (χ3n) is 5.54. The Labute approximate surface area is 183 Å². The van der Waals surface area contributed by atoms with Crippen LogP contribution in [0.25, 0.3) is 10.9 Å². The van der Waals surface area contributed by atoms with E-state index in [1.165, 1.54) is 5.56 Å². The van der Waals surface area contributed by atoms with E-state index in [1.807, 2.05) is 66.7 Å². The molecule has 0 N–H and O–H groups in total. The maximum atomic E-state index is 11.9. The Kier molecular flexibility index (Phi) is 5.85. The molecule has 0 aliphatic heterocycles. The van der Waals surface area contributed by atoms with E-state index in [9.17, 15) is 4.79 Å². The summed E-state index contributed by atoms with van der Waals surface area (Å²) >= 11 is 0. The highest BCUT2D eigenvalue weighted by Crippen LogP contribution is 2.42. The zero-order chi connectivity index (χ0) is 21.8. The smallest absolute Gasteiger partial charge is 0.150 e. The molecule has 3 nitrogen and oxygen atoms in total. The molecular weight excluding hydrogens is 382 g/mol. The highest BCUT2D eigenvalue weighted by Gasteiger charge is 2.30. The standard InChI is InChI=1S/C28H27NO2/c1-28(2,3)27(21-10-5-4-6-11-21)25-17-24(16-14-22(25)18-30)31-19-23-15-13-20-9-7-8-12-26(20)29-23/h4-18,27H,19H2,1-3H3. The Bertz CT molecular complexity index is 1190. The lowest BCUT2D eigenvalue weighted by atomic mass is 9.71. The molecule has 0 radical (unpaired) electrons. The molecule has 0 saturated carbocycles. The number of carbonyl (C=O) groups excluding carboxylic acids is 1. The number of ether oxygens (including phenoxy) is 1. The van der Waals surface area contributed by atoms with Crippen molar-refractivity contribution in [2.45, 2.75) is 33.3 Å². The number of aromatic nitrogens is 1. The predicted molar refractivity (Wildman–Crippen MR) is 126 cm³/mol. The van der Waals surface area contributed by atoms with E-state index in [1.54, 1.807) is 0 Å². The average Bonchev–Trinajstić information content (AvgIpc) is 2.77. The van der Waals surface area contributed by atoms with E-state index < -0.39 is 0 Å². The molecule has 0 bridgehead atoms. The van der Waals surface area contributed by atoms with Crippen molar-refractivity contribution in [2.75, 3.05) is 0 Å². The number of nitrogens with zero attached hydrogens (tertiary/aromatic N) is 1. The van der Waals surface area contributed by atoms with E-state index in [0.717, 1.165) is 34.2 Å². The monoisotopic (exact) mass is 409 g/mol. The van der Waals surface area contributed by atoms with Crippen molar-refractivity contribution >= 4 is 17.2 Å². The van der Waals surface area contributed by atoms with Crippen molar-refractivity contribution in [1.29, 1.82) is 0 Å². The molecule has 0 fully saturated rings. The SMILES string of the molecule is CC(C)(C)C(c1ccccc1)c1cc(OCc2ccc3ccccc3n2)ccc1C=O. The second-order valence-corrected chi connectivity index (χ2v) is 8.90. The molecule has 0 spiro atoms. The van der Waals surface area contributed by atoms with Gasteiger partial charge < -0.3 is 4.74 Å². The van der Waals surface area contributed by atoms with Crippen LogP contribution in [0.3, 0.4) is 0 Å². The van der Waals surface area contributed by atoms with Gasteiger partial charge in [0.05, 0.1) is 11.2 Å². The first kappa shape index (κ1) is 20.8. The normalized spacial score (nSPS) is 12.5. The summed E-state index contributed by atoms with van der Waals surface area (Å²) in [6, 6.07) is 28.2. The van der Waals surface area contributed by atoms with Crippen LogP contribution in [0.5, 0.6) is 5.75 Å². The minimum absolute atomic E-state index is 0.0660. The van der Waals surface area contributed by atoms with Crippen molar-refractivity contribution < 1.29 is 9.53 Å². The van der Waals surface area contributed by atoms with Gasteiger partial charge in [0, 0.05) is 16.9 Å². The Morgan fingerprint density at radius 1 is 0.903 bits per heavy atom. The third kappa shape index (κ3) is 4.66. The Morgan fingerprint density at radius 2 is 1.65 bits per heavy atom. The first-order chi connectivity index (χ1) is 15.0. The number of fused-ring (bicyclic) bond motifs is 1. The van der Waals surface area contributed by atoms with Gasteiger partial charge in [0.2, 0.25) is 0 Å². The molecule has 3 heteroatoms. The van der Waals surface area contributed by atoms with Crippen LogP contribution < -0.4 is 4.74 Å². The number of aldehydes is 1. The van der Waals surface area contributed by atoms with Crippen molar-refractivity contribution in [3.8, 4) is 5.75 Å². The number of carbonyl (C=O) groups is 1. The van der Waals surface area contributed by atoms with Crippen molar-refractivity contribution in [2.24, 2.45) is 5.41 Å². The number of rotatable bonds is 6. The number of benzene rings is 3. The fourth-order valence-corrected chi connectivity index (χ4v) is 4.14. The van der Waals surface area contributed by atoms with Gasteiger partial charge in [-0.25, -0.2) is 4.98 Å². The molecule has 156 valence electrons. The Hall–Kier alpha value is -3.46. The zero-order valence-corrected chi connectivity index (χ0v) is 18.2. The molecule has 3 aromatic carbocycles. The van der Waals surface area contributed by atoms with Crippen LogP contribution >= 0.6 is 0 Å². The fourth-order valence-electron chi connectivity index (χ4n) is 4.14. The molecule has 1 aromatic heterocycles. The van der Waals surface area contributed by atoms with Crippen molar-refractivity contribution in [3.05, 3.63) is 107 Å². The first-order valence-electron chi connectivity index (χ1n) is 10.6. The van der Waals surface area contributed by atoms with Crippen LogP contribution in [-0.4, -0.2) is 11.3 Å². The van der Waals surface area contributed by atoms with Crippen LogP contribution in [-0.2, 0) is 6.61 Å². The number of pyridine rings is 1. The maximum Gasteiger partial charge on any atom is 0.150 e. The zero-order valence-electron chi connectivity index (χ0n) is 18.2. The minimum Gasteiger partial charge on any atom is -0.487 e. The molecule has 1 heterocycles. The number of para-hydroxylation sites is 1. The first-order valence-corrected chi connectivity index (χ1v) is 10.6. The third-order valence-corrected chi connectivity index (χ3v) is 5.54. The quantitative estimate of drug-likeness (QED) is 0.329. The van der Waals surface area contributed by atoms with Crippen molar-refractivity contribution in [1.82, 2.24) is 4.98 Å².